The zero-order valence-electron chi connectivity index (χ0n) is 11.5. The van der Waals surface area contributed by atoms with Gasteiger partial charge in [-0.15, -0.1) is 0 Å². The van der Waals surface area contributed by atoms with E-state index in [1.807, 2.05) is 30.5 Å². The quantitative estimate of drug-likeness (QED) is 0.497. The predicted molar refractivity (Wildman–Crippen MR) is 89.5 cm³/mol. The Hall–Kier alpha value is -2.79. The van der Waals surface area contributed by atoms with Gasteiger partial charge in [0, 0.05) is 33.4 Å². The maximum atomic E-state index is 11.7. The number of anilines is 1. The van der Waals surface area contributed by atoms with E-state index in [9.17, 15) is 4.79 Å². The molecule has 22 heavy (non-hydrogen) atoms. The number of nitrogens with one attached hydrogen (secondary N) is 3. The number of hydrazone groups is 1. The molecule has 0 aliphatic heterocycles. The number of carbonyl (C=O) groups excluding carboxylic acids is 1. The maximum absolute atomic E-state index is 11.7. The van der Waals surface area contributed by atoms with Crippen LogP contribution in [0.4, 0.5) is 10.5 Å². The molecule has 0 aliphatic carbocycles. The van der Waals surface area contributed by atoms with Crippen LogP contribution in [0.3, 0.4) is 0 Å². The van der Waals surface area contributed by atoms with Gasteiger partial charge in [-0.2, -0.15) is 5.10 Å². The van der Waals surface area contributed by atoms with E-state index in [4.69, 9.17) is 11.6 Å². The number of benzene rings is 2. The van der Waals surface area contributed by atoms with Gasteiger partial charge in [0.1, 0.15) is 0 Å². The highest BCUT2D eigenvalue weighted by molar-refractivity contribution is 6.30. The Balaban J connectivity index is 1.62. The van der Waals surface area contributed by atoms with Gasteiger partial charge in [-0.1, -0.05) is 29.8 Å². The van der Waals surface area contributed by atoms with Crippen LogP contribution in [0.2, 0.25) is 5.02 Å². The van der Waals surface area contributed by atoms with E-state index in [2.05, 4.69) is 20.8 Å². The van der Waals surface area contributed by atoms with Crippen LogP contribution in [0.5, 0.6) is 0 Å². The Bertz CT molecular complexity index is 824. The van der Waals surface area contributed by atoms with Crippen LogP contribution in [0, 0.1) is 0 Å². The lowest BCUT2D eigenvalue weighted by Gasteiger charge is -2.03. The van der Waals surface area contributed by atoms with E-state index in [0.717, 1.165) is 16.5 Å². The van der Waals surface area contributed by atoms with Gasteiger partial charge >= 0.3 is 6.03 Å². The number of amides is 2. The van der Waals surface area contributed by atoms with Gasteiger partial charge in [0.15, 0.2) is 0 Å². The lowest BCUT2D eigenvalue weighted by atomic mass is 10.2. The smallest absolute Gasteiger partial charge is 0.339 e. The van der Waals surface area contributed by atoms with Crippen molar-refractivity contribution in [3.8, 4) is 0 Å². The molecule has 0 aliphatic rings. The van der Waals surface area contributed by atoms with Crippen LogP contribution in [0.25, 0.3) is 10.9 Å². The summed E-state index contributed by atoms with van der Waals surface area (Å²) < 4.78 is 0. The first-order valence-corrected chi connectivity index (χ1v) is 7.02. The summed E-state index contributed by atoms with van der Waals surface area (Å²) >= 11 is 5.78. The third kappa shape index (κ3) is 3.27. The summed E-state index contributed by atoms with van der Waals surface area (Å²) in [5, 5.41) is 8.26. The summed E-state index contributed by atoms with van der Waals surface area (Å²) in [6.07, 6.45) is 3.44. The first-order valence-electron chi connectivity index (χ1n) is 6.64. The van der Waals surface area contributed by atoms with Crippen LogP contribution in [0.1, 0.15) is 5.56 Å². The molecular weight excluding hydrogens is 300 g/mol. The van der Waals surface area contributed by atoms with Crippen LogP contribution >= 0.6 is 11.6 Å². The first kappa shape index (κ1) is 14.2. The third-order valence-electron chi connectivity index (χ3n) is 3.09. The molecule has 3 aromatic rings. The van der Waals surface area contributed by atoms with Gasteiger partial charge in [0.05, 0.1) is 6.21 Å². The second kappa shape index (κ2) is 6.32. The number of carbonyl (C=O) groups is 1. The molecule has 0 atom stereocenters. The van der Waals surface area contributed by atoms with E-state index in [1.54, 1.807) is 30.5 Å². The van der Waals surface area contributed by atoms with E-state index in [0.29, 0.717) is 10.7 Å². The topological polar surface area (TPSA) is 69.3 Å². The number of para-hydroxylation sites is 1. The minimum atomic E-state index is -0.418. The van der Waals surface area contributed by atoms with E-state index < -0.39 is 6.03 Å². The van der Waals surface area contributed by atoms with Gasteiger partial charge in [-0.05, 0) is 30.3 Å². The number of halogens is 1. The van der Waals surface area contributed by atoms with Crippen molar-refractivity contribution in [2.24, 2.45) is 5.10 Å². The Morgan fingerprint density at radius 2 is 1.91 bits per heavy atom. The molecule has 3 rings (SSSR count). The molecular formula is C16H13ClN4O. The van der Waals surface area contributed by atoms with Crippen molar-refractivity contribution >= 4 is 40.4 Å². The molecule has 2 aromatic carbocycles. The maximum Gasteiger partial charge on any atom is 0.339 e. The molecule has 110 valence electrons. The molecule has 0 saturated heterocycles. The molecule has 2 amide bonds. The number of hydrogen-bond donors (Lipinski definition) is 3. The van der Waals surface area contributed by atoms with Crippen molar-refractivity contribution in [1.82, 2.24) is 10.4 Å². The molecule has 5 nitrogen and oxygen atoms in total. The van der Waals surface area contributed by atoms with Crippen molar-refractivity contribution in [2.45, 2.75) is 0 Å². The predicted octanol–water partition coefficient (Wildman–Crippen LogP) is 3.98. The molecule has 1 heterocycles. The standard InChI is InChI=1S/C16H13ClN4O/c17-12-5-7-13(8-6-12)20-16(22)21-19-10-11-9-18-15-4-2-1-3-14(11)15/h1-10,18H,(H2,20,21,22)/b19-10-. The van der Waals surface area contributed by atoms with Crippen molar-refractivity contribution < 1.29 is 4.79 Å². The number of nitrogens with zero attached hydrogens (tertiary/aromatic N) is 1. The molecule has 0 spiro atoms. The highest BCUT2D eigenvalue weighted by Crippen LogP contribution is 2.15. The fourth-order valence-corrected chi connectivity index (χ4v) is 2.18. The summed E-state index contributed by atoms with van der Waals surface area (Å²) in [5.41, 5.74) is 4.99. The number of H-pyrrole nitrogens is 1. The molecule has 0 fully saturated rings. The van der Waals surface area contributed by atoms with Crippen molar-refractivity contribution in [3.63, 3.8) is 0 Å². The third-order valence-corrected chi connectivity index (χ3v) is 3.35. The monoisotopic (exact) mass is 312 g/mol. The van der Waals surface area contributed by atoms with Crippen molar-refractivity contribution in [2.75, 3.05) is 5.32 Å². The Labute approximate surface area is 132 Å². The first-order chi connectivity index (χ1) is 10.7. The molecule has 0 bridgehead atoms. The van der Waals surface area contributed by atoms with Crippen LogP contribution in [0.15, 0.2) is 59.8 Å². The van der Waals surface area contributed by atoms with Crippen molar-refractivity contribution in [3.05, 3.63) is 65.3 Å². The Kier molecular flexibility index (Phi) is 4.07. The number of aromatic nitrogens is 1. The summed E-state index contributed by atoms with van der Waals surface area (Å²) in [7, 11) is 0. The number of rotatable bonds is 3. The number of aromatic amines is 1. The number of hydrogen-bond acceptors (Lipinski definition) is 2. The summed E-state index contributed by atoms with van der Waals surface area (Å²) in [6.45, 7) is 0. The Morgan fingerprint density at radius 1 is 1.14 bits per heavy atom. The average molecular weight is 313 g/mol. The molecule has 1 aromatic heterocycles. The zero-order valence-corrected chi connectivity index (χ0v) is 12.3. The molecule has 3 N–H and O–H groups in total. The number of fused-ring (bicyclic) bond motifs is 1. The van der Waals surface area contributed by atoms with E-state index in [-0.39, 0.29) is 0 Å². The van der Waals surface area contributed by atoms with Crippen LogP contribution in [-0.4, -0.2) is 17.2 Å². The molecule has 0 unspecified atom stereocenters. The lowest BCUT2D eigenvalue weighted by molar-refractivity contribution is 0.252. The fourth-order valence-electron chi connectivity index (χ4n) is 2.05. The second-order valence-corrected chi connectivity index (χ2v) is 5.06. The molecule has 0 saturated carbocycles. The molecule has 6 heteroatoms. The lowest BCUT2D eigenvalue weighted by Crippen LogP contribution is -2.24. The normalized spacial score (nSPS) is 11.0. The van der Waals surface area contributed by atoms with Gasteiger partial charge in [0.25, 0.3) is 0 Å². The molecule has 0 radical (unpaired) electrons. The zero-order chi connectivity index (χ0) is 15.4. The number of urea groups is 1. The van der Waals surface area contributed by atoms with Gasteiger partial charge in [0.2, 0.25) is 0 Å². The SMILES string of the molecule is O=C(N/N=C\c1c[nH]c2ccccc12)Nc1ccc(Cl)cc1. The minimum absolute atomic E-state index is 0.418. The summed E-state index contributed by atoms with van der Waals surface area (Å²) in [4.78, 5) is 14.9. The van der Waals surface area contributed by atoms with E-state index >= 15 is 0 Å². The highest BCUT2D eigenvalue weighted by atomic mass is 35.5. The highest BCUT2D eigenvalue weighted by Gasteiger charge is 2.01. The second-order valence-electron chi connectivity index (χ2n) is 4.62. The van der Waals surface area contributed by atoms with E-state index in [1.165, 1.54) is 0 Å². The largest absolute Gasteiger partial charge is 0.361 e. The van der Waals surface area contributed by atoms with Gasteiger partial charge in [-0.25, -0.2) is 10.2 Å². The van der Waals surface area contributed by atoms with Gasteiger partial charge in [-0.3, -0.25) is 0 Å². The fraction of sp³-hybridized carbons (Fsp3) is 0. The summed E-state index contributed by atoms with van der Waals surface area (Å²) in [5.74, 6) is 0. The van der Waals surface area contributed by atoms with Gasteiger partial charge < -0.3 is 10.3 Å². The van der Waals surface area contributed by atoms with Crippen molar-refractivity contribution in [1.29, 1.82) is 0 Å². The minimum Gasteiger partial charge on any atom is -0.361 e. The van der Waals surface area contributed by atoms with Crippen LogP contribution < -0.4 is 10.7 Å². The average Bonchev–Trinajstić information content (AvgIpc) is 2.93. The Morgan fingerprint density at radius 3 is 2.73 bits per heavy atom. The van der Waals surface area contributed by atoms with Crippen LogP contribution in [-0.2, 0) is 0 Å². The summed E-state index contributed by atoms with van der Waals surface area (Å²) in [6, 6.07) is 14.3.